The summed E-state index contributed by atoms with van der Waals surface area (Å²) in [6, 6.07) is 14.8. The highest BCUT2D eigenvalue weighted by Crippen LogP contribution is 2.24. The molecule has 134 valence electrons. The normalized spacial score (nSPS) is 11.9. The van der Waals surface area contributed by atoms with E-state index in [2.05, 4.69) is 4.98 Å². The van der Waals surface area contributed by atoms with Crippen molar-refractivity contribution >= 4 is 17.6 Å². The lowest BCUT2D eigenvalue weighted by molar-refractivity contribution is 0.0279. The molecule has 0 saturated heterocycles. The molecule has 6 heteroatoms. The molecule has 3 rings (SSSR count). The number of benzene rings is 2. The second-order valence-corrected chi connectivity index (χ2v) is 6.24. The zero-order valence-corrected chi connectivity index (χ0v) is 15.1. The SMILES string of the molecule is COC(=O)c1ccc(COC(Cn2ccnc2)c2cccc(Cl)c2)cc1. The van der Waals surface area contributed by atoms with Crippen LogP contribution in [0.25, 0.3) is 0 Å². The molecule has 0 fully saturated rings. The number of hydrogen-bond acceptors (Lipinski definition) is 4. The summed E-state index contributed by atoms with van der Waals surface area (Å²) in [7, 11) is 1.37. The molecule has 5 nitrogen and oxygen atoms in total. The third-order valence-electron chi connectivity index (χ3n) is 3.98. The number of rotatable bonds is 7. The van der Waals surface area contributed by atoms with E-state index in [9.17, 15) is 4.79 Å². The molecule has 2 aromatic carbocycles. The fourth-order valence-corrected chi connectivity index (χ4v) is 2.80. The Hall–Kier alpha value is -2.63. The molecule has 0 bridgehead atoms. The summed E-state index contributed by atoms with van der Waals surface area (Å²) < 4.78 is 12.8. The van der Waals surface area contributed by atoms with Crippen LogP contribution in [0.4, 0.5) is 0 Å². The maximum Gasteiger partial charge on any atom is 0.337 e. The average molecular weight is 371 g/mol. The van der Waals surface area contributed by atoms with Crippen molar-refractivity contribution in [1.82, 2.24) is 9.55 Å². The van der Waals surface area contributed by atoms with E-state index in [0.717, 1.165) is 11.1 Å². The topological polar surface area (TPSA) is 53.4 Å². The van der Waals surface area contributed by atoms with Crippen molar-refractivity contribution in [3.63, 3.8) is 0 Å². The smallest absolute Gasteiger partial charge is 0.337 e. The van der Waals surface area contributed by atoms with Gasteiger partial charge in [0, 0.05) is 17.4 Å². The Labute approximate surface area is 157 Å². The first kappa shape index (κ1) is 18.2. The van der Waals surface area contributed by atoms with Crippen LogP contribution in [0.15, 0.2) is 67.3 Å². The second-order valence-electron chi connectivity index (χ2n) is 5.80. The Morgan fingerprint density at radius 3 is 2.69 bits per heavy atom. The van der Waals surface area contributed by atoms with Gasteiger partial charge in [0.25, 0.3) is 0 Å². The molecule has 0 aliphatic carbocycles. The van der Waals surface area contributed by atoms with E-state index >= 15 is 0 Å². The first-order valence-corrected chi connectivity index (χ1v) is 8.53. The van der Waals surface area contributed by atoms with Crippen molar-refractivity contribution < 1.29 is 14.3 Å². The molecule has 1 aromatic heterocycles. The predicted octanol–water partition coefficient (Wildman–Crippen LogP) is 4.28. The van der Waals surface area contributed by atoms with Gasteiger partial charge in [0.1, 0.15) is 6.10 Å². The van der Waals surface area contributed by atoms with Gasteiger partial charge >= 0.3 is 5.97 Å². The predicted molar refractivity (Wildman–Crippen MR) is 99.0 cm³/mol. The van der Waals surface area contributed by atoms with Crippen LogP contribution in [-0.4, -0.2) is 22.6 Å². The van der Waals surface area contributed by atoms with E-state index in [1.165, 1.54) is 7.11 Å². The fourth-order valence-electron chi connectivity index (χ4n) is 2.60. The number of carbonyl (C=O) groups excluding carboxylic acids is 1. The number of aromatic nitrogens is 2. The molecule has 1 heterocycles. The largest absolute Gasteiger partial charge is 0.465 e. The van der Waals surface area contributed by atoms with E-state index in [1.54, 1.807) is 24.7 Å². The standard InChI is InChI=1S/C20H19ClN2O3/c1-25-20(24)16-7-5-15(6-8-16)13-26-19(12-23-10-9-22-14-23)17-3-2-4-18(21)11-17/h2-11,14,19H,12-13H2,1H3. The Balaban J connectivity index is 1.72. The lowest BCUT2D eigenvalue weighted by atomic mass is 10.1. The van der Waals surface area contributed by atoms with Crippen molar-refractivity contribution in [1.29, 1.82) is 0 Å². The summed E-state index contributed by atoms with van der Waals surface area (Å²) >= 11 is 6.13. The monoisotopic (exact) mass is 370 g/mol. The van der Waals surface area contributed by atoms with Crippen LogP contribution < -0.4 is 0 Å². The van der Waals surface area contributed by atoms with E-state index in [0.29, 0.717) is 23.7 Å². The third kappa shape index (κ3) is 4.71. The van der Waals surface area contributed by atoms with Crippen LogP contribution in [0.5, 0.6) is 0 Å². The van der Waals surface area contributed by atoms with Crippen molar-refractivity contribution in [2.45, 2.75) is 19.3 Å². The summed E-state index contributed by atoms with van der Waals surface area (Å²) in [6.07, 6.45) is 5.21. The molecule has 0 spiro atoms. The quantitative estimate of drug-likeness (QED) is 0.582. The lowest BCUT2D eigenvalue weighted by Crippen LogP contribution is -2.12. The van der Waals surface area contributed by atoms with E-state index in [4.69, 9.17) is 21.1 Å². The van der Waals surface area contributed by atoms with Gasteiger partial charge in [-0.3, -0.25) is 0 Å². The minimum atomic E-state index is -0.352. The average Bonchev–Trinajstić information content (AvgIpc) is 3.18. The number of ether oxygens (including phenoxy) is 2. The second kappa shape index (κ2) is 8.65. The van der Waals surface area contributed by atoms with Gasteiger partial charge in [-0.2, -0.15) is 0 Å². The van der Waals surface area contributed by atoms with Crippen LogP contribution in [0, 0.1) is 0 Å². The zero-order chi connectivity index (χ0) is 18.4. The minimum Gasteiger partial charge on any atom is -0.465 e. The molecular weight excluding hydrogens is 352 g/mol. The highest BCUT2D eigenvalue weighted by atomic mass is 35.5. The molecule has 0 radical (unpaired) electrons. The van der Waals surface area contributed by atoms with E-state index in [1.807, 2.05) is 47.2 Å². The summed E-state index contributed by atoms with van der Waals surface area (Å²) in [4.78, 5) is 15.6. The molecule has 3 aromatic rings. The van der Waals surface area contributed by atoms with Crippen LogP contribution >= 0.6 is 11.6 Å². The lowest BCUT2D eigenvalue weighted by Gasteiger charge is -2.19. The van der Waals surface area contributed by atoms with Crippen molar-refractivity contribution in [3.8, 4) is 0 Å². The molecule has 0 aliphatic rings. The maximum atomic E-state index is 11.5. The number of methoxy groups -OCH3 is 1. The summed E-state index contributed by atoms with van der Waals surface area (Å²) in [5, 5.41) is 0.671. The number of nitrogens with zero attached hydrogens (tertiary/aromatic N) is 2. The third-order valence-corrected chi connectivity index (χ3v) is 4.22. The van der Waals surface area contributed by atoms with Gasteiger partial charge in [0.05, 0.1) is 32.2 Å². The van der Waals surface area contributed by atoms with Crippen LogP contribution in [0.1, 0.15) is 27.6 Å². The van der Waals surface area contributed by atoms with Gasteiger partial charge < -0.3 is 14.0 Å². The van der Waals surface area contributed by atoms with Gasteiger partial charge in [0.15, 0.2) is 0 Å². The highest BCUT2D eigenvalue weighted by molar-refractivity contribution is 6.30. The molecular formula is C20H19ClN2O3. The number of imidazole rings is 1. The Kier molecular flexibility index (Phi) is 6.04. The first-order chi connectivity index (χ1) is 12.7. The molecule has 1 atom stereocenters. The van der Waals surface area contributed by atoms with Crippen LogP contribution in [0.2, 0.25) is 5.02 Å². The molecule has 26 heavy (non-hydrogen) atoms. The van der Waals surface area contributed by atoms with Crippen molar-refractivity contribution in [2.24, 2.45) is 0 Å². The molecule has 1 unspecified atom stereocenters. The Morgan fingerprint density at radius 1 is 1.23 bits per heavy atom. The van der Waals surface area contributed by atoms with Crippen molar-refractivity contribution in [2.75, 3.05) is 7.11 Å². The number of hydrogen-bond donors (Lipinski definition) is 0. The number of halogens is 1. The van der Waals surface area contributed by atoms with Crippen molar-refractivity contribution in [3.05, 3.63) is 89.0 Å². The summed E-state index contributed by atoms with van der Waals surface area (Å²) in [6.45, 7) is 1.04. The van der Waals surface area contributed by atoms with E-state index < -0.39 is 0 Å². The minimum absolute atomic E-state index is 0.178. The first-order valence-electron chi connectivity index (χ1n) is 8.16. The summed E-state index contributed by atoms with van der Waals surface area (Å²) in [5.41, 5.74) is 2.48. The Bertz CT molecular complexity index is 848. The van der Waals surface area contributed by atoms with Gasteiger partial charge in [-0.1, -0.05) is 35.9 Å². The molecule has 0 N–H and O–H groups in total. The summed E-state index contributed by atoms with van der Waals surface area (Å²) in [5.74, 6) is -0.352. The van der Waals surface area contributed by atoms with Crippen LogP contribution in [-0.2, 0) is 22.6 Å². The molecule has 0 amide bonds. The van der Waals surface area contributed by atoms with Crippen LogP contribution in [0.3, 0.4) is 0 Å². The highest BCUT2D eigenvalue weighted by Gasteiger charge is 2.14. The molecule has 0 saturated carbocycles. The Morgan fingerprint density at radius 2 is 2.04 bits per heavy atom. The number of esters is 1. The zero-order valence-electron chi connectivity index (χ0n) is 14.3. The van der Waals surface area contributed by atoms with E-state index in [-0.39, 0.29) is 12.1 Å². The maximum absolute atomic E-state index is 11.5. The van der Waals surface area contributed by atoms with Gasteiger partial charge in [-0.15, -0.1) is 0 Å². The van der Waals surface area contributed by atoms with Gasteiger partial charge in [-0.25, -0.2) is 9.78 Å². The van der Waals surface area contributed by atoms with Gasteiger partial charge in [0.2, 0.25) is 0 Å². The molecule has 0 aliphatic heterocycles. The van der Waals surface area contributed by atoms with Gasteiger partial charge in [-0.05, 0) is 35.4 Å². The number of carbonyl (C=O) groups is 1. The fraction of sp³-hybridized carbons (Fsp3) is 0.200.